The van der Waals surface area contributed by atoms with Crippen LogP contribution in [0.4, 0.5) is 23.4 Å². The molecule has 3 heterocycles. The van der Waals surface area contributed by atoms with Gasteiger partial charge in [-0.15, -0.1) is 10.2 Å². The summed E-state index contributed by atoms with van der Waals surface area (Å²) in [6.07, 6.45) is -0.699. The molecule has 1 aliphatic carbocycles. The molecule has 33 heavy (non-hydrogen) atoms. The zero-order chi connectivity index (χ0) is 23.0. The van der Waals surface area contributed by atoms with Crippen molar-refractivity contribution in [3.63, 3.8) is 0 Å². The third-order valence-electron chi connectivity index (χ3n) is 7.24. The second-order valence-corrected chi connectivity index (χ2v) is 9.61. The van der Waals surface area contributed by atoms with Crippen LogP contribution in [0.1, 0.15) is 31.2 Å². The zero-order valence-electron chi connectivity index (χ0n) is 18.3. The van der Waals surface area contributed by atoms with Crippen molar-refractivity contribution in [1.82, 2.24) is 15.1 Å². The van der Waals surface area contributed by atoms with Gasteiger partial charge >= 0.3 is 6.18 Å². The smallest absolute Gasteiger partial charge is 0.381 e. The van der Waals surface area contributed by atoms with E-state index in [9.17, 15) is 17.6 Å². The van der Waals surface area contributed by atoms with Gasteiger partial charge in [-0.3, -0.25) is 0 Å². The zero-order valence-corrected chi connectivity index (χ0v) is 18.3. The van der Waals surface area contributed by atoms with Gasteiger partial charge in [0.2, 0.25) is 0 Å². The monoisotopic (exact) mass is 464 g/mol. The van der Waals surface area contributed by atoms with Crippen molar-refractivity contribution >= 4 is 5.82 Å². The van der Waals surface area contributed by atoms with Gasteiger partial charge in [-0.25, -0.2) is 4.39 Å². The molecule has 3 aliphatic rings. The predicted molar refractivity (Wildman–Crippen MR) is 116 cm³/mol. The van der Waals surface area contributed by atoms with Gasteiger partial charge < -0.3 is 15.0 Å². The highest BCUT2D eigenvalue weighted by Crippen LogP contribution is 2.41. The Kier molecular flexibility index (Phi) is 6.26. The topological polar surface area (TPSA) is 50.3 Å². The molecule has 1 aromatic heterocycles. The maximum Gasteiger partial charge on any atom is 0.420 e. The number of aromatic nitrogens is 2. The Bertz CT molecular complexity index is 965. The Morgan fingerprint density at radius 3 is 2.42 bits per heavy atom. The van der Waals surface area contributed by atoms with Gasteiger partial charge in [-0.2, -0.15) is 13.2 Å². The summed E-state index contributed by atoms with van der Waals surface area (Å²) in [6, 6.07) is 6.25. The van der Waals surface area contributed by atoms with Crippen molar-refractivity contribution in [3.05, 3.63) is 41.7 Å². The van der Waals surface area contributed by atoms with Crippen molar-refractivity contribution in [2.24, 2.45) is 17.8 Å². The van der Waals surface area contributed by atoms with E-state index in [0.29, 0.717) is 17.8 Å². The number of ether oxygens (including phenoxy) is 1. The highest BCUT2D eigenvalue weighted by Gasteiger charge is 2.42. The number of hydrogen-bond acceptors (Lipinski definition) is 5. The maximum absolute atomic E-state index is 13.8. The fraction of sp³-hybridized carbons (Fsp3) is 0.583. The second-order valence-electron chi connectivity index (χ2n) is 9.61. The Hall–Kier alpha value is -2.26. The highest BCUT2D eigenvalue weighted by molar-refractivity contribution is 5.62. The van der Waals surface area contributed by atoms with E-state index < -0.39 is 17.6 Å². The van der Waals surface area contributed by atoms with Gasteiger partial charge in [0.05, 0.1) is 5.69 Å². The Labute approximate surface area is 190 Å². The number of nitrogens with zero attached hydrogens (tertiary/aromatic N) is 3. The van der Waals surface area contributed by atoms with Crippen LogP contribution in [0.5, 0.6) is 0 Å². The molecule has 0 spiro atoms. The molecule has 2 aromatic rings. The molecule has 0 amide bonds. The first-order valence-electron chi connectivity index (χ1n) is 11.6. The Morgan fingerprint density at radius 1 is 1.03 bits per heavy atom. The van der Waals surface area contributed by atoms with Crippen LogP contribution in [0.15, 0.2) is 30.3 Å². The number of fused-ring (bicyclic) bond motifs is 1. The molecule has 0 bridgehead atoms. The molecule has 3 fully saturated rings. The van der Waals surface area contributed by atoms with Crippen molar-refractivity contribution < 1.29 is 22.3 Å². The molecule has 2 saturated heterocycles. The fourth-order valence-corrected chi connectivity index (χ4v) is 5.65. The lowest BCUT2D eigenvalue weighted by molar-refractivity contribution is -0.137. The molecule has 5 rings (SSSR count). The van der Waals surface area contributed by atoms with Gasteiger partial charge in [0.1, 0.15) is 11.4 Å². The van der Waals surface area contributed by atoms with Crippen molar-refractivity contribution in [2.75, 3.05) is 38.2 Å². The fourth-order valence-electron chi connectivity index (χ4n) is 5.65. The van der Waals surface area contributed by atoms with Crippen molar-refractivity contribution in [1.29, 1.82) is 0 Å². The summed E-state index contributed by atoms with van der Waals surface area (Å²) < 4.78 is 60.4. The average molecular weight is 465 g/mol. The molecule has 1 aromatic carbocycles. The van der Waals surface area contributed by atoms with Gasteiger partial charge in [0.15, 0.2) is 5.82 Å². The number of hydrogen-bond donors (Lipinski definition) is 1. The summed E-state index contributed by atoms with van der Waals surface area (Å²) in [6.45, 7) is 4.81. The minimum absolute atomic E-state index is 0.000536. The lowest BCUT2D eigenvalue weighted by atomic mass is 10.00. The van der Waals surface area contributed by atoms with E-state index in [-0.39, 0.29) is 23.1 Å². The van der Waals surface area contributed by atoms with Gasteiger partial charge in [-0.1, -0.05) is 12.1 Å². The Balaban J connectivity index is 1.24. The molecule has 2 aliphatic heterocycles. The first-order chi connectivity index (χ1) is 15.8. The van der Waals surface area contributed by atoms with E-state index >= 15 is 0 Å². The van der Waals surface area contributed by atoms with Crippen LogP contribution in [-0.4, -0.2) is 54.0 Å². The minimum atomic E-state index is -4.59. The van der Waals surface area contributed by atoms with Gasteiger partial charge in [0, 0.05) is 44.5 Å². The molecule has 3 atom stereocenters. The molecule has 1 saturated carbocycles. The van der Waals surface area contributed by atoms with Crippen molar-refractivity contribution in [3.8, 4) is 11.3 Å². The largest absolute Gasteiger partial charge is 0.420 e. The summed E-state index contributed by atoms with van der Waals surface area (Å²) in [4.78, 5) is 2.52. The number of likely N-dealkylation sites (tertiary alicyclic amines) is 1. The molecule has 0 unspecified atom stereocenters. The van der Waals surface area contributed by atoms with Crippen LogP contribution in [0, 0.1) is 23.6 Å². The summed E-state index contributed by atoms with van der Waals surface area (Å²) in [5.74, 6) is 0.903. The number of nitrogens with one attached hydrogen (secondary N) is 1. The van der Waals surface area contributed by atoms with Crippen LogP contribution in [0.3, 0.4) is 0 Å². The van der Waals surface area contributed by atoms with E-state index in [1.54, 1.807) is 0 Å². The lowest BCUT2D eigenvalue weighted by Crippen LogP contribution is -2.32. The number of benzene rings is 1. The third kappa shape index (κ3) is 5.14. The normalized spacial score (nSPS) is 26.5. The number of anilines is 1. The van der Waals surface area contributed by atoms with Gasteiger partial charge in [-0.05, 0) is 61.6 Å². The summed E-state index contributed by atoms with van der Waals surface area (Å²) in [5, 5.41) is 10.9. The quantitative estimate of drug-likeness (QED) is 0.641. The SMILES string of the molecule is Fc1cccc(-c2cc(C(F)(F)F)c(N[C@H]3C[C@@H]4CN(CC5CCOCC5)C[C@@H]4C3)nn2)c1. The highest BCUT2D eigenvalue weighted by atomic mass is 19.4. The standard InChI is InChI=1S/C24H28F4N4O/c25-19-3-1-2-16(8-19)22-11-21(24(26,27)28)23(31-30-22)29-20-9-17-13-32(14-18(17)10-20)12-15-4-6-33-7-5-15/h1-3,8,11,15,17-18,20H,4-7,9-10,12-14H2,(H,29,31)/t17-,18+,20+. The van der Waals surface area contributed by atoms with Crippen LogP contribution >= 0.6 is 0 Å². The first-order valence-corrected chi connectivity index (χ1v) is 11.6. The molecular formula is C24H28F4N4O. The van der Waals surface area contributed by atoms with E-state index in [4.69, 9.17) is 4.74 Å². The third-order valence-corrected chi connectivity index (χ3v) is 7.24. The Morgan fingerprint density at radius 2 is 1.76 bits per heavy atom. The second kappa shape index (κ2) is 9.18. The van der Waals surface area contributed by atoms with E-state index in [1.807, 2.05) is 0 Å². The van der Waals surface area contributed by atoms with Crippen molar-refractivity contribution in [2.45, 2.75) is 37.9 Å². The molecule has 178 valence electrons. The van der Waals surface area contributed by atoms with E-state index in [0.717, 1.165) is 70.7 Å². The number of alkyl halides is 3. The maximum atomic E-state index is 13.8. The van der Waals surface area contributed by atoms with Crippen LogP contribution < -0.4 is 5.32 Å². The number of rotatable bonds is 5. The van der Waals surface area contributed by atoms with Crippen LogP contribution in [0.25, 0.3) is 11.3 Å². The van der Waals surface area contributed by atoms with Crippen LogP contribution in [0.2, 0.25) is 0 Å². The summed E-state index contributed by atoms with van der Waals surface area (Å²) in [5.41, 5.74) is -0.603. The minimum Gasteiger partial charge on any atom is -0.381 e. The summed E-state index contributed by atoms with van der Waals surface area (Å²) in [7, 11) is 0. The lowest BCUT2D eigenvalue weighted by Gasteiger charge is -2.28. The summed E-state index contributed by atoms with van der Waals surface area (Å²) >= 11 is 0. The molecule has 0 radical (unpaired) electrons. The first kappa shape index (κ1) is 22.5. The molecule has 1 N–H and O–H groups in total. The van der Waals surface area contributed by atoms with Gasteiger partial charge in [0.25, 0.3) is 0 Å². The molecular weight excluding hydrogens is 436 g/mol. The molecule has 5 nitrogen and oxygen atoms in total. The molecule has 9 heteroatoms. The number of halogens is 4. The predicted octanol–water partition coefficient (Wildman–Crippen LogP) is 4.85. The average Bonchev–Trinajstić information content (AvgIpc) is 3.32. The van der Waals surface area contributed by atoms with E-state index in [1.165, 1.54) is 18.2 Å². The van der Waals surface area contributed by atoms with E-state index in [2.05, 4.69) is 20.4 Å². The van der Waals surface area contributed by atoms with Crippen LogP contribution in [-0.2, 0) is 10.9 Å².